The first-order valence-electron chi connectivity index (χ1n) is 10.6. The molecule has 1 aromatic rings. The minimum Gasteiger partial charge on any atom is -0.325 e. The maximum Gasteiger partial charge on any atom is 0.319 e. The molecule has 3 saturated heterocycles. The van der Waals surface area contributed by atoms with Crippen LogP contribution in [-0.2, 0) is 11.8 Å². The summed E-state index contributed by atoms with van der Waals surface area (Å²) in [6, 6.07) is 0.135. The van der Waals surface area contributed by atoms with E-state index in [1.165, 1.54) is 0 Å². The summed E-state index contributed by atoms with van der Waals surface area (Å²) < 4.78 is 1.67. The molecule has 28 heavy (non-hydrogen) atoms. The van der Waals surface area contributed by atoms with Crippen LogP contribution in [0.2, 0.25) is 0 Å². The zero-order valence-corrected chi connectivity index (χ0v) is 16.7. The highest BCUT2D eigenvalue weighted by atomic mass is 16.2. The number of nitrogens with one attached hydrogen (secondary N) is 2. The zero-order valence-electron chi connectivity index (χ0n) is 16.7. The second-order valence-corrected chi connectivity index (χ2v) is 8.17. The third kappa shape index (κ3) is 4.14. The van der Waals surface area contributed by atoms with Gasteiger partial charge in [-0.15, -0.1) is 0 Å². The number of aryl methyl sites for hydroxylation is 1. The lowest BCUT2D eigenvalue weighted by Gasteiger charge is -2.33. The Morgan fingerprint density at radius 2 is 1.64 bits per heavy atom. The van der Waals surface area contributed by atoms with Crippen molar-refractivity contribution in [2.75, 3.05) is 44.6 Å². The molecule has 0 spiro atoms. The molecule has 9 nitrogen and oxygen atoms in total. The Labute approximate surface area is 165 Å². The summed E-state index contributed by atoms with van der Waals surface area (Å²) in [7, 11) is 1.82. The van der Waals surface area contributed by atoms with Gasteiger partial charge in [-0.2, -0.15) is 10.1 Å². The largest absolute Gasteiger partial charge is 0.325 e. The van der Waals surface area contributed by atoms with Crippen molar-refractivity contribution in [1.29, 1.82) is 0 Å². The quantitative estimate of drug-likeness (QED) is 0.809. The third-order valence-corrected chi connectivity index (χ3v) is 6.23. The molecule has 0 atom stereocenters. The second-order valence-electron chi connectivity index (χ2n) is 8.17. The molecule has 4 heterocycles. The lowest BCUT2D eigenvalue weighted by atomic mass is 9.96. The molecule has 0 aliphatic carbocycles. The van der Waals surface area contributed by atoms with Gasteiger partial charge in [-0.25, -0.2) is 9.48 Å². The van der Waals surface area contributed by atoms with Crippen molar-refractivity contribution in [3.8, 4) is 0 Å². The number of hydrogen-bond acceptors (Lipinski definition) is 5. The first-order valence-corrected chi connectivity index (χ1v) is 10.6. The fraction of sp³-hybridized carbons (Fsp3) is 0.789. The molecule has 0 unspecified atom stereocenters. The summed E-state index contributed by atoms with van der Waals surface area (Å²) in [5.41, 5.74) is 0. The van der Waals surface area contributed by atoms with Crippen LogP contribution in [0, 0.1) is 5.92 Å². The van der Waals surface area contributed by atoms with Crippen LogP contribution in [-0.4, -0.2) is 75.8 Å². The van der Waals surface area contributed by atoms with Crippen molar-refractivity contribution in [3.05, 3.63) is 5.82 Å². The number of nitrogens with zero attached hydrogens (tertiary/aromatic N) is 5. The molecule has 0 radical (unpaired) electrons. The highest BCUT2D eigenvalue weighted by Gasteiger charge is 2.31. The van der Waals surface area contributed by atoms with E-state index in [9.17, 15) is 9.59 Å². The number of carbonyl (C=O) groups excluding carboxylic acids is 2. The molecule has 0 aromatic carbocycles. The molecule has 4 rings (SSSR count). The Bertz CT molecular complexity index is 699. The summed E-state index contributed by atoms with van der Waals surface area (Å²) in [5.74, 6) is 1.61. The summed E-state index contributed by atoms with van der Waals surface area (Å²) in [4.78, 5) is 33.6. The van der Waals surface area contributed by atoms with Gasteiger partial charge in [0.05, 0.1) is 0 Å². The third-order valence-electron chi connectivity index (χ3n) is 6.23. The maximum atomic E-state index is 12.7. The summed E-state index contributed by atoms with van der Waals surface area (Å²) in [6.07, 6.45) is 5.65. The molecule has 154 valence electrons. The minimum absolute atomic E-state index is 0.0133. The first kappa shape index (κ1) is 19.2. The molecular weight excluding hydrogens is 358 g/mol. The van der Waals surface area contributed by atoms with Crippen LogP contribution in [0.3, 0.4) is 0 Å². The van der Waals surface area contributed by atoms with Gasteiger partial charge in [0, 0.05) is 45.1 Å². The Kier molecular flexibility index (Phi) is 5.79. The number of anilines is 1. The van der Waals surface area contributed by atoms with E-state index in [1.54, 1.807) is 4.68 Å². The Morgan fingerprint density at radius 3 is 2.32 bits per heavy atom. The Hall–Kier alpha value is -2.16. The van der Waals surface area contributed by atoms with Crippen molar-refractivity contribution in [2.24, 2.45) is 13.0 Å². The summed E-state index contributed by atoms with van der Waals surface area (Å²) in [5, 5.41) is 10.8. The van der Waals surface area contributed by atoms with E-state index < -0.39 is 0 Å². The van der Waals surface area contributed by atoms with Gasteiger partial charge in [-0.1, -0.05) is 0 Å². The number of rotatable bonds is 3. The van der Waals surface area contributed by atoms with Gasteiger partial charge in [0.15, 0.2) is 5.82 Å². The lowest BCUT2D eigenvalue weighted by Crippen LogP contribution is -2.47. The summed E-state index contributed by atoms with van der Waals surface area (Å²) in [6.45, 7) is 4.99. The second kappa shape index (κ2) is 8.46. The Balaban J connectivity index is 1.30. The van der Waals surface area contributed by atoms with Crippen LogP contribution in [0.4, 0.5) is 10.7 Å². The molecule has 3 fully saturated rings. The average Bonchev–Trinajstić information content (AvgIpc) is 3.39. The number of piperidine rings is 2. The molecule has 0 saturated carbocycles. The number of amides is 3. The normalized spacial score (nSPS) is 21.9. The van der Waals surface area contributed by atoms with Gasteiger partial charge in [0.2, 0.25) is 11.9 Å². The van der Waals surface area contributed by atoms with Crippen LogP contribution in [0.1, 0.15) is 50.3 Å². The predicted molar refractivity (Wildman–Crippen MR) is 105 cm³/mol. The van der Waals surface area contributed by atoms with Crippen molar-refractivity contribution in [2.45, 2.75) is 44.4 Å². The predicted octanol–water partition coefficient (Wildman–Crippen LogP) is 1.15. The monoisotopic (exact) mass is 389 g/mol. The molecule has 0 bridgehead atoms. The highest BCUT2D eigenvalue weighted by molar-refractivity contribution is 5.91. The molecule has 3 aliphatic rings. The van der Waals surface area contributed by atoms with E-state index in [4.69, 9.17) is 0 Å². The van der Waals surface area contributed by atoms with E-state index in [1.807, 2.05) is 16.8 Å². The zero-order chi connectivity index (χ0) is 19.5. The van der Waals surface area contributed by atoms with Gasteiger partial charge in [0.1, 0.15) is 0 Å². The van der Waals surface area contributed by atoms with Gasteiger partial charge in [-0.3, -0.25) is 10.1 Å². The van der Waals surface area contributed by atoms with Gasteiger partial charge in [0.25, 0.3) is 0 Å². The standard InChI is InChI=1S/C19H31N7O2/c1-24-18(21-16(23-24)14-4-8-20-9-5-14)22-17(27)15-6-12-26(13-7-15)19(28)25-10-2-3-11-25/h14-15,20H,2-13H2,1H3,(H,21,22,23,27). The fourth-order valence-corrected chi connectivity index (χ4v) is 4.42. The van der Waals surface area contributed by atoms with Crippen molar-refractivity contribution >= 4 is 17.9 Å². The molecule has 9 heteroatoms. The Morgan fingerprint density at radius 1 is 1.00 bits per heavy atom. The van der Waals surface area contributed by atoms with Crippen molar-refractivity contribution < 1.29 is 9.59 Å². The van der Waals surface area contributed by atoms with Crippen LogP contribution < -0.4 is 10.6 Å². The smallest absolute Gasteiger partial charge is 0.319 e. The highest BCUT2D eigenvalue weighted by Crippen LogP contribution is 2.25. The number of carbonyl (C=O) groups is 2. The molecule has 3 aliphatic heterocycles. The van der Waals surface area contributed by atoms with Gasteiger partial charge >= 0.3 is 6.03 Å². The van der Waals surface area contributed by atoms with E-state index in [2.05, 4.69) is 20.7 Å². The number of likely N-dealkylation sites (tertiary alicyclic amines) is 2. The van der Waals surface area contributed by atoms with E-state index >= 15 is 0 Å². The van der Waals surface area contributed by atoms with E-state index in [0.717, 1.165) is 57.7 Å². The number of urea groups is 1. The van der Waals surface area contributed by atoms with E-state index in [0.29, 0.717) is 37.8 Å². The minimum atomic E-state index is -0.0818. The van der Waals surface area contributed by atoms with Crippen LogP contribution >= 0.6 is 0 Å². The number of aromatic nitrogens is 3. The molecule has 1 aromatic heterocycles. The van der Waals surface area contributed by atoms with E-state index in [-0.39, 0.29) is 17.9 Å². The average molecular weight is 390 g/mol. The van der Waals surface area contributed by atoms with Gasteiger partial charge < -0.3 is 15.1 Å². The fourth-order valence-electron chi connectivity index (χ4n) is 4.42. The van der Waals surface area contributed by atoms with Crippen LogP contribution in [0.5, 0.6) is 0 Å². The SMILES string of the molecule is Cn1nc(C2CCNCC2)nc1NC(=O)C1CCN(C(=O)N2CCCC2)CC1. The molecular formula is C19H31N7O2. The van der Waals surface area contributed by atoms with Crippen molar-refractivity contribution in [1.82, 2.24) is 29.9 Å². The maximum absolute atomic E-state index is 12.7. The van der Waals surface area contributed by atoms with Crippen LogP contribution in [0.25, 0.3) is 0 Å². The first-order chi connectivity index (χ1) is 13.6. The molecule has 3 amide bonds. The lowest BCUT2D eigenvalue weighted by molar-refractivity contribution is -0.121. The molecule has 2 N–H and O–H groups in total. The number of hydrogen-bond donors (Lipinski definition) is 2. The summed E-state index contributed by atoms with van der Waals surface area (Å²) >= 11 is 0. The topological polar surface area (TPSA) is 95.4 Å². The van der Waals surface area contributed by atoms with Gasteiger partial charge in [-0.05, 0) is 51.6 Å². The van der Waals surface area contributed by atoms with Crippen LogP contribution in [0.15, 0.2) is 0 Å². The van der Waals surface area contributed by atoms with Crippen molar-refractivity contribution in [3.63, 3.8) is 0 Å².